The zero-order valence-electron chi connectivity index (χ0n) is 31.0. The number of aliphatic hydroxyl groups is 4. The van der Waals surface area contributed by atoms with Crippen molar-refractivity contribution >= 4 is 23.6 Å². The second kappa shape index (κ2) is 12.4. The smallest absolute Gasteiger partial charge is 0.335 e. The van der Waals surface area contributed by atoms with Crippen LogP contribution in [0, 0.1) is 45.3 Å². The normalized spacial score (nSPS) is 39.8. The molecule has 0 heterocycles. The van der Waals surface area contributed by atoms with Gasteiger partial charge in [-0.05, 0) is 79.7 Å². The molecule has 2 saturated carbocycles. The minimum atomic E-state index is -1.68. The zero-order valence-corrected chi connectivity index (χ0v) is 31.0. The molecule has 9 heteroatoms. The van der Waals surface area contributed by atoms with Crippen LogP contribution in [0.15, 0.2) is 71.0 Å². The number of carbonyl (C=O) groups is 3. The summed E-state index contributed by atoms with van der Waals surface area (Å²) in [6.07, 6.45) is 7.08. The van der Waals surface area contributed by atoms with Crippen LogP contribution in [0.3, 0.4) is 0 Å². The lowest BCUT2D eigenvalue weighted by Gasteiger charge is -2.68. The fraction of sp³-hybridized carbons (Fsp3) is 0.595. The van der Waals surface area contributed by atoms with Crippen LogP contribution in [0.2, 0.25) is 0 Å². The SMILES string of the molecule is CNCCC(C(=O)O)=C(O)C(O)CC(C)C1CC2(O)C=CC3(O)C4=C(C(=O)CC1(C)C42C)C1(C)CCC(=O)C(C)(C)C1C3C=Cc1ccccc1. The van der Waals surface area contributed by atoms with Gasteiger partial charge in [-0.3, -0.25) is 9.59 Å². The molecule has 6 N–H and O–H groups in total. The Hall–Kier alpha value is -3.37. The molecule has 1 aromatic carbocycles. The van der Waals surface area contributed by atoms with Gasteiger partial charge < -0.3 is 30.8 Å². The minimum absolute atomic E-state index is 0.0151. The molecule has 0 saturated heterocycles. The van der Waals surface area contributed by atoms with E-state index < -0.39 is 62.5 Å². The van der Waals surface area contributed by atoms with Gasteiger partial charge in [0.1, 0.15) is 23.2 Å². The Bertz CT molecular complexity index is 1760. The van der Waals surface area contributed by atoms with Crippen molar-refractivity contribution < 1.29 is 39.9 Å². The predicted octanol–water partition coefficient (Wildman–Crippen LogP) is 5.57. The number of Topliss-reactive ketones (excluding diaryl/α,β-unsaturated/α-hetero) is 2. The molecule has 276 valence electrons. The molecule has 10 atom stereocenters. The summed E-state index contributed by atoms with van der Waals surface area (Å²) >= 11 is 0. The van der Waals surface area contributed by atoms with Gasteiger partial charge in [0.2, 0.25) is 0 Å². The van der Waals surface area contributed by atoms with Crippen molar-refractivity contribution in [1.82, 2.24) is 5.32 Å². The molecule has 9 nitrogen and oxygen atoms in total. The fourth-order valence-electron chi connectivity index (χ4n) is 11.8. The number of carboxylic acids is 1. The van der Waals surface area contributed by atoms with E-state index in [9.17, 15) is 39.9 Å². The third kappa shape index (κ3) is 5.12. The quantitative estimate of drug-likeness (QED) is 0.104. The Morgan fingerprint density at radius 3 is 2.33 bits per heavy atom. The van der Waals surface area contributed by atoms with Gasteiger partial charge in [0.15, 0.2) is 5.78 Å². The molecule has 5 aliphatic rings. The van der Waals surface area contributed by atoms with Gasteiger partial charge in [-0.1, -0.05) is 90.1 Å². The van der Waals surface area contributed by atoms with E-state index in [1.807, 2.05) is 77.1 Å². The molecule has 0 aromatic heterocycles. The first kappa shape index (κ1) is 37.4. The first-order valence-electron chi connectivity index (χ1n) is 18.4. The largest absolute Gasteiger partial charge is 0.509 e. The molecular formula is C42H55NO8. The number of hydrogen-bond donors (Lipinski definition) is 6. The number of allylic oxidation sites excluding steroid dienone is 1. The number of aliphatic carboxylic acids is 1. The first-order chi connectivity index (χ1) is 23.7. The van der Waals surface area contributed by atoms with Crippen molar-refractivity contribution in [2.75, 3.05) is 13.6 Å². The third-order valence-corrected chi connectivity index (χ3v) is 14.5. The van der Waals surface area contributed by atoms with Crippen LogP contribution in [-0.2, 0) is 14.4 Å². The van der Waals surface area contributed by atoms with Crippen molar-refractivity contribution in [1.29, 1.82) is 0 Å². The van der Waals surface area contributed by atoms with E-state index >= 15 is 0 Å². The molecular weight excluding hydrogens is 646 g/mol. The maximum absolute atomic E-state index is 14.9. The number of rotatable bonds is 10. The summed E-state index contributed by atoms with van der Waals surface area (Å²) in [6, 6.07) is 9.78. The van der Waals surface area contributed by atoms with Crippen LogP contribution in [0.1, 0.15) is 85.6 Å². The van der Waals surface area contributed by atoms with Crippen molar-refractivity contribution in [2.24, 2.45) is 45.3 Å². The van der Waals surface area contributed by atoms with Crippen LogP contribution < -0.4 is 5.32 Å². The lowest BCUT2D eigenvalue weighted by Crippen LogP contribution is -2.69. The summed E-state index contributed by atoms with van der Waals surface area (Å²) < 4.78 is 0. The fourth-order valence-corrected chi connectivity index (χ4v) is 11.8. The summed E-state index contributed by atoms with van der Waals surface area (Å²) in [7, 11) is 1.67. The highest BCUT2D eigenvalue weighted by molar-refractivity contribution is 6.02. The van der Waals surface area contributed by atoms with Crippen LogP contribution >= 0.6 is 0 Å². The van der Waals surface area contributed by atoms with E-state index in [0.29, 0.717) is 30.5 Å². The molecule has 0 radical (unpaired) electrons. The standard InChI is InChI=1S/C42H55NO8/c1-24(21-29(44)33(47)26(36(48)49)16-20-43-7)28-22-41(50)18-19-42(51)27(14-13-25-11-9-8-10-12-25)34-37(2,3)31(46)15-17-38(34,4)32-30(45)23-39(28,5)40(41,6)35(32)42/h8-14,18-19,24,27-29,34,43-44,47,50-51H,15-17,20-23H2,1-7H3,(H,48,49). The van der Waals surface area contributed by atoms with Crippen molar-refractivity contribution in [3.63, 3.8) is 0 Å². The van der Waals surface area contributed by atoms with Gasteiger partial charge in [0, 0.05) is 40.6 Å². The van der Waals surface area contributed by atoms with E-state index in [0.717, 1.165) is 5.56 Å². The number of carbonyl (C=O) groups excluding carboxylic acids is 2. The number of fused-ring (bicyclic) bond motifs is 2. The van der Waals surface area contributed by atoms with Gasteiger partial charge in [-0.25, -0.2) is 4.79 Å². The van der Waals surface area contributed by atoms with E-state index in [4.69, 9.17) is 0 Å². The van der Waals surface area contributed by atoms with Crippen LogP contribution in [0.4, 0.5) is 0 Å². The second-order valence-electron chi connectivity index (χ2n) is 17.4. The number of carboxylic acid groups (broad SMARTS) is 1. The van der Waals surface area contributed by atoms with Crippen LogP contribution in [0.25, 0.3) is 6.08 Å². The Labute approximate surface area is 301 Å². The lowest BCUT2D eigenvalue weighted by atomic mass is 9.36. The van der Waals surface area contributed by atoms with E-state index in [-0.39, 0.29) is 54.7 Å². The molecule has 0 aliphatic heterocycles. The van der Waals surface area contributed by atoms with Gasteiger partial charge >= 0.3 is 5.97 Å². The number of hydrogen-bond acceptors (Lipinski definition) is 8. The molecule has 51 heavy (non-hydrogen) atoms. The van der Waals surface area contributed by atoms with Crippen LogP contribution in [-0.4, -0.2) is 74.0 Å². The average molecular weight is 702 g/mol. The van der Waals surface area contributed by atoms with Crippen molar-refractivity contribution in [3.05, 3.63) is 76.6 Å². The summed E-state index contributed by atoms with van der Waals surface area (Å²) in [4.78, 5) is 40.5. The van der Waals surface area contributed by atoms with Crippen LogP contribution in [0.5, 0.6) is 0 Å². The summed E-state index contributed by atoms with van der Waals surface area (Å²) in [5, 5.41) is 60.8. The Balaban J connectivity index is 1.50. The average Bonchev–Trinajstić information content (AvgIpc) is 3.25. The van der Waals surface area contributed by atoms with Gasteiger partial charge in [0.05, 0.1) is 11.2 Å². The molecule has 0 amide bonds. The lowest BCUT2D eigenvalue weighted by molar-refractivity contribution is -0.161. The first-order valence-corrected chi connectivity index (χ1v) is 18.4. The number of benzene rings is 1. The highest BCUT2D eigenvalue weighted by Crippen LogP contribution is 2.78. The Morgan fingerprint density at radius 1 is 1.04 bits per heavy atom. The maximum atomic E-state index is 14.9. The topological polar surface area (TPSA) is 164 Å². The number of nitrogens with one attached hydrogen (secondary N) is 1. The maximum Gasteiger partial charge on any atom is 0.335 e. The molecule has 0 spiro atoms. The van der Waals surface area contributed by atoms with Gasteiger partial charge in [-0.2, -0.15) is 0 Å². The van der Waals surface area contributed by atoms with Gasteiger partial charge in [-0.15, -0.1) is 0 Å². The molecule has 0 bridgehead atoms. The third-order valence-electron chi connectivity index (χ3n) is 14.5. The number of ketones is 2. The number of aliphatic hydroxyl groups excluding tert-OH is 2. The second-order valence-corrected chi connectivity index (χ2v) is 17.4. The van der Waals surface area contributed by atoms with Gasteiger partial charge in [0.25, 0.3) is 0 Å². The summed E-state index contributed by atoms with van der Waals surface area (Å²) in [5.74, 6) is -3.58. The van der Waals surface area contributed by atoms with E-state index in [2.05, 4.69) is 12.2 Å². The summed E-state index contributed by atoms with van der Waals surface area (Å²) in [6.45, 7) is 12.2. The highest BCUT2D eigenvalue weighted by Gasteiger charge is 2.78. The zero-order chi connectivity index (χ0) is 37.5. The van der Waals surface area contributed by atoms with E-state index in [1.54, 1.807) is 19.2 Å². The molecule has 1 aromatic rings. The van der Waals surface area contributed by atoms with Crippen molar-refractivity contribution in [2.45, 2.75) is 97.4 Å². The molecule has 2 fully saturated rings. The van der Waals surface area contributed by atoms with E-state index in [1.165, 1.54) is 0 Å². The Morgan fingerprint density at radius 2 is 1.71 bits per heavy atom. The molecule has 10 unspecified atom stereocenters. The highest BCUT2D eigenvalue weighted by atomic mass is 16.4. The monoisotopic (exact) mass is 701 g/mol. The minimum Gasteiger partial charge on any atom is -0.509 e. The molecule has 5 aliphatic carbocycles. The molecule has 6 rings (SSSR count). The van der Waals surface area contributed by atoms with Crippen molar-refractivity contribution in [3.8, 4) is 0 Å². The Kier molecular flexibility index (Phi) is 9.06. The summed E-state index contributed by atoms with van der Waals surface area (Å²) in [5.41, 5.74) is -4.95. The predicted molar refractivity (Wildman–Crippen MR) is 194 cm³/mol.